The molecule has 1 aromatic rings. The molecule has 1 heterocycles. The highest BCUT2D eigenvalue weighted by Gasteiger charge is 2.26. The van der Waals surface area contributed by atoms with E-state index in [-0.39, 0.29) is 12.1 Å². The fourth-order valence-corrected chi connectivity index (χ4v) is 2.41. The summed E-state index contributed by atoms with van der Waals surface area (Å²) in [5, 5.41) is 0. The van der Waals surface area contributed by atoms with Crippen molar-refractivity contribution in [1.29, 1.82) is 0 Å². The van der Waals surface area contributed by atoms with Crippen LogP contribution in [0.5, 0.6) is 5.75 Å². The van der Waals surface area contributed by atoms with Crippen LogP contribution in [-0.2, 0) is 11.3 Å². The van der Waals surface area contributed by atoms with Crippen molar-refractivity contribution in [2.24, 2.45) is 5.73 Å². The van der Waals surface area contributed by atoms with Gasteiger partial charge in [0.25, 0.3) is 0 Å². The van der Waals surface area contributed by atoms with E-state index in [0.717, 1.165) is 25.3 Å². The Hall–Kier alpha value is -1.10. The summed E-state index contributed by atoms with van der Waals surface area (Å²) in [4.78, 5) is 2.25. The SMILES string of the molecule is COc1ccccc1CN(C)C1COCCC1N. The van der Waals surface area contributed by atoms with Gasteiger partial charge in [0.1, 0.15) is 5.75 Å². The largest absolute Gasteiger partial charge is 0.496 e. The van der Waals surface area contributed by atoms with Crippen LogP contribution < -0.4 is 10.5 Å². The number of ether oxygens (including phenoxy) is 2. The molecular formula is C14H22N2O2. The summed E-state index contributed by atoms with van der Waals surface area (Å²) in [6.45, 7) is 2.32. The molecule has 1 aromatic carbocycles. The fourth-order valence-electron chi connectivity index (χ4n) is 2.41. The van der Waals surface area contributed by atoms with E-state index in [1.807, 2.05) is 18.2 Å². The van der Waals surface area contributed by atoms with Crippen LogP contribution in [0.15, 0.2) is 24.3 Å². The summed E-state index contributed by atoms with van der Waals surface area (Å²) >= 11 is 0. The van der Waals surface area contributed by atoms with Crippen LogP contribution in [0.4, 0.5) is 0 Å². The second-order valence-corrected chi connectivity index (χ2v) is 4.82. The van der Waals surface area contributed by atoms with Gasteiger partial charge < -0.3 is 15.2 Å². The molecule has 2 N–H and O–H groups in total. The molecule has 0 saturated carbocycles. The fraction of sp³-hybridized carbons (Fsp3) is 0.571. The zero-order chi connectivity index (χ0) is 13.0. The van der Waals surface area contributed by atoms with Gasteiger partial charge in [0, 0.05) is 30.8 Å². The van der Waals surface area contributed by atoms with Crippen LogP contribution in [0.1, 0.15) is 12.0 Å². The molecule has 0 amide bonds. The van der Waals surface area contributed by atoms with E-state index >= 15 is 0 Å². The average molecular weight is 250 g/mol. The van der Waals surface area contributed by atoms with E-state index in [9.17, 15) is 0 Å². The van der Waals surface area contributed by atoms with Gasteiger partial charge in [-0.25, -0.2) is 0 Å². The Morgan fingerprint density at radius 2 is 2.22 bits per heavy atom. The lowest BCUT2D eigenvalue weighted by Crippen LogP contribution is -2.51. The van der Waals surface area contributed by atoms with Crippen LogP contribution in [0.25, 0.3) is 0 Å². The van der Waals surface area contributed by atoms with Crippen molar-refractivity contribution in [3.63, 3.8) is 0 Å². The van der Waals surface area contributed by atoms with Crippen LogP contribution in [0.3, 0.4) is 0 Å². The quantitative estimate of drug-likeness (QED) is 0.873. The first-order valence-electron chi connectivity index (χ1n) is 6.38. The molecule has 18 heavy (non-hydrogen) atoms. The Bertz CT molecular complexity index is 384. The molecule has 0 spiro atoms. The monoisotopic (exact) mass is 250 g/mol. The molecule has 0 aromatic heterocycles. The lowest BCUT2D eigenvalue weighted by Gasteiger charge is -2.36. The van der Waals surface area contributed by atoms with Gasteiger partial charge in [-0.15, -0.1) is 0 Å². The lowest BCUT2D eigenvalue weighted by molar-refractivity contribution is 0.0125. The lowest BCUT2D eigenvalue weighted by atomic mass is 10.0. The predicted molar refractivity (Wildman–Crippen MR) is 71.7 cm³/mol. The first kappa shape index (κ1) is 13.3. The smallest absolute Gasteiger partial charge is 0.123 e. The highest BCUT2D eigenvalue weighted by atomic mass is 16.5. The Kier molecular flexibility index (Phi) is 4.58. The molecule has 2 rings (SSSR count). The maximum atomic E-state index is 6.15. The molecule has 1 saturated heterocycles. The Balaban J connectivity index is 2.03. The van der Waals surface area contributed by atoms with Gasteiger partial charge in [0.2, 0.25) is 0 Å². The highest BCUT2D eigenvalue weighted by Crippen LogP contribution is 2.21. The summed E-state index contributed by atoms with van der Waals surface area (Å²) in [5.41, 5.74) is 7.33. The van der Waals surface area contributed by atoms with Crippen molar-refractivity contribution in [2.75, 3.05) is 27.4 Å². The maximum Gasteiger partial charge on any atom is 0.123 e. The van der Waals surface area contributed by atoms with Crippen molar-refractivity contribution < 1.29 is 9.47 Å². The number of para-hydroxylation sites is 1. The number of rotatable bonds is 4. The van der Waals surface area contributed by atoms with Crippen molar-refractivity contribution in [3.05, 3.63) is 29.8 Å². The zero-order valence-electron chi connectivity index (χ0n) is 11.1. The van der Waals surface area contributed by atoms with Gasteiger partial charge in [0.15, 0.2) is 0 Å². The van der Waals surface area contributed by atoms with Crippen molar-refractivity contribution in [3.8, 4) is 5.75 Å². The Morgan fingerprint density at radius 3 is 2.94 bits per heavy atom. The minimum absolute atomic E-state index is 0.193. The van der Waals surface area contributed by atoms with Crippen molar-refractivity contribution in [2.45, 2.75) is 25.0 Å². The zero-order valence-corrected chi connectivity index (χ0v) is 11.1. The molecule has 1 aliphatic heterocycles. The molecule has 4 nitrogen and oxygen atoms in total. The van der Waals surface area contributed by atoms with Crippen LogP contribution in [-0.4, -0.2) is 44.4 Å². The number of nitrogens with two attached hydrogens (primary N) is 1. The van der Waals surface area contributed by atoms with Gasteiger partial charge in [-0.1, -0.05) is 18.2 Å². The average Bonchev–Trinajstić information content (AvgIpc) is 2.39. The first-order valence-corrected chi connectivity index (χ1v) is 6.38. The maximum absolute atomic E-state index is 6.15. The van der Waals surface area contributed by atoms with E-state index in [2.05, 4.69) is 18.0 Å². The number of likely N-dealkylation sites (N-methyl/N-ethyl adjacent to an activating group) is 1. The second-order valence-electron chi connectivity index (χ2n) is 4.82. The molecule has 0 bridgehead atoms. The standard InChI is InChI=1S/C14H22N2O2/c1-16(13-10-18-8-7-12(13)15)9-11-5-3-4-6-14(11)17-2/h3-6,12-13H,7-10,15H2,1-2H3. The summed E-state index contributed by atoms with van der Waals surface area (Å²) in [6, 6.07) is 8.56. The number of methoxy groups -OCH3 is 1. The van der Waals surface area contributed by atoms with Gasteiger partial charge in [0.05, 0.1) is 13.7 Å². The van der Waals surface area contributed by atoms with Crippen LogP contribution in [0, 0.1) is 0 Å². The third kappa shape index (κ3) is 3.02. The number of hydrogen-bond donors (Lipinski definition) is 1. The summed E-state index contributed by atoms with van der Waals surface area (Å²) in [7, 11) is 3.79. The van der Waals surface area contributed by atoms with E-state index in [0.29, 0.717) is 6.61 Å². The molecule has 100 valence electrons. The minimum atomic E-state index is 0.193. The topological polar surface area (TPSA) is 47.7 Å². The molecule has 2 unspecified atom stereocenters. The van der Waals surface area contributed by atoms with Gasteiger partial charge >= 0.3 is 0 Å². The first-order chi connectivity index (χ1) is 8.72. The molecule has 0 radical (unpaired) electrons. The number of nitrogens with zero attached hydrogens (tertiary/aromatic N) is 1. The highest BCUT2D eigenvalue weighted by molar-refractivity contribution is 5.33. The van der Waals surface area contributed by atoms with E-state index in [4.69, 9.17) is 15.2 Å². The van der Waals surface area contributed by atoms with E-state index in [1.165, 1.54) is 5.56 Å². The van der Waals surface area contributed by atoms with Crippen molar-refractivity contribution in [1.82, 2.24) is 4.90 Å². The molecule has 2 atom stereocenters. The van der Waals surface area contributed by atoms with Crippen molar-refractivity contribution >= 4 is 0 Å². The third-order valence-corrected chi connectivity index (χ3v) is 3.56. The normalized spacial score (nSPS) is 24.2. The van der Waals surface area contributed by atoms with Gasteiger partial charge in [-0.2, -0.15) is 0 Å². The van der Waals surface area contributed by atoms with Crippen LogP contribution in [0.2, 0.25) is 0 Å². The molecule has 0 aliphatic carbocycles. The van der Waals surface area contributed by atoms with Crippen LogP contribution >= 0.6 is 0 Å². The van der Waals surface area contributed by atoms with Gasteiger partial charge in [-0.3, -0.25) is 4.90 Å². The summed E-state index contributed by atoms with van der Waals surface area (Å²) < 4.78 is 10.9. The second kappa shape index (κ2) is 6.18. The molecule has 1 aliphatic rings. The third-order valence-electron chi connectivity index (χ3n) is 3.56. The summed E-state index contributed by atoms with van der Waals surface area (Å²) in [5.74, 6) is 0.926. The number of benzene rings is 1. The molecular weight excluding hydrogens is 228 g/mol. The minimum Gasteiger partial charge on any atom is -0.496 e. The Labute approximate surface area is 109 Å². The number of hydrogen-bond acceptors (Lipinski definition) is 4. The van der Waals surface area contributed by atoms with E-state index in [1.54, 1.807) is 7.11 Å². The molecule has 1 fully saturated rings. The predicted octanol–water partition coefficient (Wildman–Crippen LogP) is 1.24. The Morgan fingerprint density at radius 1 is 1.44 bits per heavy atom. The molecule has 4 heteroatoms. The van der Waals surface area contributed by atoms with Gasteiger partial charge in [-0.05, 0) is 19.5 Å². The van der Waals surface area contributed by atoms with E-state index < -0.39 is 0 Å². The summed E-state index contributed by atoms with van der Waals surface area (Å²) in [6.07, 6.45) is 0.931.